The Morgan fingerprint density at radius 1 is 1.16 bits per heavy atom. The number of nitrogens with zero attached hydrogens (tertiary/aromatic N) is 5. The zero-order valence-electron chi connectivity index (χ0n) is 13.9. The summed E-state index contributed by atoms with van der Waals surface area (Å²) in [5.41, 5.74) is 1.77. The summed E-state index contributed by atoms with van der Waals surface area (Å²) in [5, 5.41) is 22.1. The average Bonchev–Trinajstić information content (AvgIpc) is 3.26. The first-order valence-corrected chi connectivity index (χ1v) is 9.09. The second-order valence-corrected chi connectivity index (χ2v) is 7.34. The van der Waals surface area contributed by atoms with Gasteiger partial charge >= 0.3 is 0 Å². The highest BCUT2D eigenvalue weighted by molar-refractivity contribution is 7.14. The van der Waals surface area contributed by atoms with Gasteiger partial charge in [-0.3, -0.25) is 9.69 Å². The van der Waals surface area contributed by atoms with Gasteiger partial charge in [-0.25, -0.2) is 0 Å². The summed E-state index contributed by atoms with van der Waals surface area (Å²) in [6, 6.07) is 7.72. The van der Waals surface area contributed by atoms with E-state index < -0.39 is 0 Å². The molecule has 1 aliphatic rings. The number of aromatic nitrogens is 4. The minimum Gasteiger partial charge on any atom is -0.308 e. The number of likely N-dealkylation sites (tertiary alicyclic amines) is 1. The molecule has 3 aromatic rings. The van der Waals surface area contributed by atoms with Crippen molar-refractivity contribution in [3.8, 4) is 10.6 Å². The molecule has 8 heteroatoms. The molecule has 1 amide bonds. The molecule has 1 N–H and O–H groups in total. The Bertz CT molecular complexity index is 918. The van der Waals surface area contributed by atoms with E-state index in [2.05, 4.69) is 30.6 Å². The van der Waals surface area contributed by atoms with Crippen LogP contribution in [-0.2, 0) is 4.79 Å². The fraction of sp³-hybridized carbons (Fsp3) is 0.353. The fourth-order valence-electron chi connectivity index (χ4n) is 2.98. The molecule has 0 aliphatic carbocycles. The van der Waals surface area contributed by atoms with E-state index in [4.69, 9.17) is 0 Å². The molecule has 1 fully saturated rings. The summed E-state index contributed by atoms with van der Waals surface area (Å²) < 4.78 is 0. The molecule has 0 unspecified atom stereocenters. The molecule has 25 heavy (non-hydrogen) atoms. The van der Waals surface area contributed by atoms with Gasteiger partial charge in [0.1, 0.15) is 10.0 Å². The third kappa shape index (κ3) is 3.64. The van der Waals surface area contributed by atoms with Crippen molar-refractivity contribution in [2.75, 3.05) is 25.0 Å². The van der Waals surface area contributed by atoms with Crippen LogP contribution in [0.4, 0.5) is 5.82 Å². The lowest BCUT2D eigenvalue weighted by atomic mass is 10.1. The SMILES string of the molecule is Cc1nnc(-c2ccc3nnc(NC(=O)CN4CCCC4)cc3c2)s1. The molecule has 0 atom stereocenters. The molecule has 0 bridgehead atoms. The quantitative estimate of drug-likeness (QED) is 0.775. The summed E-state index contributed by atoms with van der Waals surface area (Å²) in [6.45, 7) is 4.31. The lowest BCUT2D eigenvalue weighted by Gasteiger charge is -2.13. The largest absolute Gasteiger partial charge is 0.308 e. The Morgan fingerprint density at radius 2 is 2.00 bits per heavy atom. The molecule has 0 radical (unpaired) electrons. The van der Waals surface area contributed by atoms with Crippen LogP contribution in [0.25, 0.3) is 21.5 Å². The standard InChI is InChI=1S/C17H18N6OS/c1-11-19-22-17(25-11)12-4-5-14-13(8-12)9-15(21-20-14)18-16(24)10-23-6-2-3-7-23/h4-5,8-9H,2-3,6-7,10H2,1H3,(H,18,21,24). The van der Waals surface area contributed by atoms with Crippen molar-refractivity contribution in [3.63, 3.8) is 0 Å². The molecule has 128 valence electrons. The molecule has 2 aromatic heterocycles. The number of aryl methyl sites for hydroxylation is 1. The molecule has 0 saturated carbocycles. The maximum absolute atomic E-state index is 12.2. The fourth-order valence-corrected chi connectivity index (χ4v) is 3.67. The second-order valence-electron chi connectivity index (χ2n) is 6.16. The van der Waals surface area contributed by atoms with E-state index in [1.165, 1.54) is 0 Å². The Hall–Kier alpha value is -2.45. The number of carbonyl (C=O) groups is 1. The Morgan fingerprint density at radius 3 is 2.76 bits per heavy atom. The van der Waals surface area contributed by atoms with Crippen molar-refractivity contribution >= 4 is 34.0 Å². The summed E-state index contributed by atoms with van der Waals surface area (Å²) in [7, 11) is 0. The molecule has 7 nitrogen and oxygen atoms in total. The minimum atomic E-state index is -0.0496. The zero-order valence-corrected chi connectivity index (χ0v) is 14.7. The van der Waals surface area contributed by atoms with Crippen molar-refractivity contribution in [1.29, 1.82) is 0 Å². The smallest absolute Gasteiger partial charge is 0.239 e. The first-order chi connectivity index (χ1) is 12.2. The number of nitrogens with one attached hydrogen (secondary N) is 1. The highest BCUT2D eigenvalue weighted by Gasteiger charge is 2.15. The molecule has 1 aromatic carbocycles. The molecular weight excluding hydrogens is 336 g/mol. The van der Waals surface area contributed by atoms with Crippen LogP contribution in [-0.4, -0.2) is 50.8 Å². The highest BCUT2D eigenvalue weighted by atomic mass is 32.1. The van der Waals surface area contributed by atoms with Gasteiger partial charge < -0.3 is 5.32 Å². The number of anilines is 1. The summed E-state index contributed by atoms with van der Waals surface area (Å²) in [6.07, 6.45) is 2.33. The first-order valence-electron chi connectivity index (χ1n) is 8.27. The number of amides is 1. The van der Waals surface area contributed by atoms with E-state index >= 15 is 0 Å². The first kappa shape index (κ1) is 16.0. The van der Waals surface area contributed by atoms with Crippen LogP contribution in [0.2, 0.25) is 0 Å². The number of carbonyl (C=O) groups excluding carboxylic acids is 1. The third-order valence-electron chi connectivity index (χ3n) is 4.19. The monoisotopic (exact) mass is 354 g/mol. The predicted octanol–water partition coefficient (Wildman–Crippen LogP) is 2.49. The number of rotatable bonds is 4. The Labute approximate surface area is 149 Å². The third-order valence-corrected chi connectivity index (χ3v) is 5.08. The number of fused-ring (bicyclic) bond motifs is 1. The number of hydrogen-bond donors (Lipinski definition) is 1. The molecule has 0 spiro atoms. The van der Waals surface area contributed by atoms with E-state index in [1.807, 2.05) is 31.2 Å². The summed E-state index contributed by atoms with van der Waals surface area (Å²) in [4.78, 5) is 14.3. The predicted molar refractivity (Wildman–Crippen MR) is 97.5 cm³/mol. The zero-order chi connectivity index (χ0) is 17.2. The van der Waals surface area contributed by atoms with Crippen molar-refractivity contribution in [2.24, 2.45) is 0 Å². The van der Waals surface area contributed by atoms with E-state index in [0.29, 0.717) is 12.4 Å². The normalized spacial score (nSPS) is 14.9. The van der Waals surface area contributed by atoms with Crippen LogP contribution in [0.3, 0.4) is 0 Å². The van der Waals surface area contributed by atoms with Gasteiger partial charge in [-0.1, -0.05) is 11.3 Å². The van der Waals surface area contributed by atoms with Gasteiger partial charge in [-0.05, 0) is 57.1 Å². The summed E-state index contributed by atoms with van der Waals surface area (Å²) in [5.74, 6) is 0.425. The molecule has 3 heterocycles. The summed E-state index contributed by atoms with van der Waals surface area (Å²) >= 11 is 1.55. The van der Waals surface area contributed by atoms with Gasteiger partial charge in [0, 0.05) is 10.9 Å². The number of benzene rings is 1. The van der Waals surface area contributed by atoms with E-state index in [9.17, 15) is 4.79 Å². The van der Waals surface area contributed by atoms with Gasteiger partial charge in [0.2, 0.25) is 5.91 Å². The van der Waals surface area contributed by atoms with Gasteiger partial charge in [0.05, 0.1) is 12.1 Å². The lowest BCUT2D eigenvalue weighted by Crippen LogP contribution is -2.31. The molecule has 1 aliphatic heterocycles. The van der Waals surface area contributed by atoms with Crippen LogP contribution in [0.5, 0.6) is 0 Å². The van der Waals surface area contributed by atoms with E-state index in [-0.39, 0.29) is 5.91 Å². The van der Waals surface area contributed by atoms with E-state index in [1.54, 1.807) is 11.3 Å². The van der Waals surface area contributed by atoms with Crippen molar-refractivity contribution in [3.05, 3.63) is 29.3 Å². The van der Waals surface area contributed by atoms with Gasteiger partial charge in [0.25, 0.3) is 0 Å². The number of hydrogen-bond acceptors (Lipinski definition) is 7. The van der Waals surface area contributed by atoms with Gasteiger partial charge in [0.15, 0.2) is 5.82 Å². The molecule has 1 saturated heterocycles. The van der Waals surface area contributed by atoms with E-state index in [0.717, 1.165) is 52.4 Å². The van der Waals surface area contributed by atoms with Crippen molar-refractivity contribution in [1.82, 2.24) is 25.3 Å². The second kappa shape index (κ2) is 6.81. The average molecular weight is 354 g/mol. The topological polar surface area (TPSA) is 83.9 Å². The van der Waals surface area contributed by atoms with Crippen LogP contribution in [0.1, 0.15) is 17.8 Å². The maximum Gasteiger partial charge on any atom is 0.239 e. The molecular formula is C17H18N6OS. The minimum absolute atomic E-state index is 0.0496. The maximum atomic E-state index is 12.2. The van der Waals surface area contributed by atoms with Crippen LogP contribution >= 0.6 is 11.3 Å². The van der Waals surface area contributed by atoms with Crippen molar-refractivity contribution < 1.29 is 4.79 Å². The Balaban J connectivity index is 1.54. The van der Waals surface area contributed by atoms with Gasteiger partial charge in [-0.15, -0.1) is 20.4 Å². The van der Waals surface area contributed by atoms with Crippen LogP contribution < -0.4 is 5.32 Å². The lowest BCUT2D eigenvalue weighted by molar-refractivity contribution is -0.117. The van der Waals surface area contributed by atoms with Crippen LogP contribution in [0.15, 0.2) is 24.3 Å². The highest BCUT2D eigenvalue weighted by Crippen LogP contribution is 2.26. The Kier molecular flexibility index (Phi) is 4.37. The molecule has 4 rings (SSSR count). The van der Waals surface area contributed by atoms with Crippen LogP contribution in [0, 0.1) is 6.92 Å². The van der Waals surface area contributed by atoms with Crippen molar-refractivity contribution in [2.45, 2.75) is 19.8 Å². The van der Waals surface area contributed by atoms with Gasteiger partial charge in [-0.2, -0.15) is 0 Å².